The van der Waals surface area contributed by atoms with Crippen LogP contribution in [0.2, 0.25) is 0 Å². The standard InChI is InChI=1S/C20H21N3O2/c1-14(22-10-4-5-11-22)15-7-6-8-16(13-15)19-18(20(24)25)21-17-9-2-3-12-23(17)19/h2-3,6-9,12-14H,4-5,10-11H2,1H3,(H,24,25)/t14-/m1/s1. The Kier molecular flexibility index (Phi) is 4.01. The SMILES string of the molecule is C[C@H](c1cccc(-c2c(C(=O)O)nc3ccccn23)c1)N1CCCC1. The monoisotopic (exact) mass is 335 g/mol. The fourth-order valence-corrected chi connectivity index (χ4v) is 3.71. The highest BCUT2D eigenvalue weighted by molar-refractivity contribution is 5.94. The molecule has 0 radical (unpaired) electrons. The van der Waals surface area contributed by atoms with Crippen molar-refractivity contribution in [2.24, 2.45) is 0 Å². The van der Waals surface area contributed by atoms with E-state index in [2.05, 4.69) is 28.9 Å². The number of imidazole rings is 1. The van der Waals surface area contributed by atoms with E-state index in [4.69, 9.17) is 0 Å². The van der Waals surface area contributed by atoms with Crippen LogP contribution in [0.3, 0.4) is 0 Å². The number of pyridine rings is 1. The molecule has 3 heterocycles. The molecule has 0 bridgehead atoms. The first kappa shape index (κ1) is 15.8. The Balaban J connectivity index is 1.82. The predicted octanol–water partition coefficient (Wildman–Crippen LogP) is 3.86. The third-order valence-corrected chi connectivity index (χ3v) is 5.06. The van der Waals surface area contributed by atoms with Crippen LogP contribution in [0.15, 0.2) is 48.7 Å². The summed E-state index contributed by atoms with van der Waals surface area (Å²) < 4.78 is 1.85. The van der Waals surface area contributed by atoms with E-state index in [0.717, 1.165) is 18.7 Å². The number of likely N-dealkylation sites (tertiary alicyclic amines) is 1. The molecule has 1 aliphatic heterocycles. The molecular formula is C20H21N3O2. The van der Waals surface area contributed by atoms with E-state index in [-0.39, 0.29) is 5.69 Å². The van der Waals surface area contributed by atoms with Crippen LogP contribution in [-0.4, -0.2) is 38.4 Å². The summed E-state index contributed by atoms with van der Waals surface area (Å²) in [4.78, 5) is 18.5. The molecule has 1 saturated heterocycles. The molecule has 0 saturated carbocycles. The van der Waals surface area contributed by atoms with Crippen molar-refractivity contribution in [2.75, 3.05) is 13.1 Å². The van der Waals surface area contributed by atoms with Gasteiger partial charge in [-0.3, -0.25) is 9.30 Å². The number of aromatic nitrogens is 2. The highest BCUT2D eigenvalue weighted by Gasteiger charge is 2.22. The lowest BCUT2D eigenvalue weighted by Gasteiger charge is -2.24. The summed E-state index contributed by atoms with van der Waals surface area (Å²) in [7, 11) is 0. The minimum absolute atomic E-state index is 0.0946. The lowest BCUT2D eigenvalue weighted by atomic mass is 10.0. The maximum Gasteiger partial charge on any atom is 0.356 e. The van der Waals surface area contributed by atoms with Crippen molar-refractivity contribution < 1.29 is 9.90 Å². The first-order valence-electron chi connectivity index (χ1n) is 8.70. The molecule has 5 heteroatoms. The fraction of sp³-hybridized carbons (Fsp3) is 0.300. The van der Waals surface area contributed by atoms with E-state index in [1.165, 1.54) is 18.4 Å². The van der Waals surface area contributed by atoms with Gasteiger partial charge < -0.3 is 5.11 Å². The lowest BCUT2D eigenvalue weighted by Crippen LogP contribution is -2.23. The molecule has 4 rings (SSSR count). The molecule has 0 amide bonds. The Morgan fingerprint density at radius 3 is 2.72 bits per heavy atom. The van der Waals surface area contributed by atoms with Gasteiger partial charge in [-0.25, -0.2) is 9.78 Å². The molecule has 1 N–H and O–H groups in total. The maximum absolute atomic E-state index is 11.7. The van der Waals surface area contributed by atoms with Gasteiger partial charge in [0, 0.05) is 17.8 Å². The van der Waals surface area contributed by atoms with Crippen LogP contribution in [0, 0.1) is 0 Å². The molecule has 0 unspecified atom stereocenters. The van der Waals surface area contributed by atoms with Gasteiger partial charge >= 0.3 is 5.97 Å². The number of carboxylic acid groups (broad SMARTS) is 1. The molecule has 128 valence electrons. The van der Waals surface area contributed by atoms with Gasteiger partial charge in [0.05, 0.1) is 5.69 Å². The molecule has 1 aliphatic rings. The number of benzene rings is 1. The van der Waals surface area contributed by atoms with E-state index >= 15 is 0 Å². The molecule has 2 aromatic heterocycles. The Morgan fingerprint density at radius 1 is 1.16 bits per heavy atom. The summed E-state index contributed by atoms with van der Waals surface area (Å²) in [5.74, 6) is -1.00. The average Bonchev–Trinajstić information content (AvgIpc) is 3.29. The van der Waals surface area contributed by atoms with Crippen molar-refractivity contribution in [3.05, 3.63) is 59.9 Å². The second kappa shape index (κ2) is 6.33. The maximum atomic E-state index is 11.7. The van der Waals surface area contributed by atoms with Crippen LogP contribution in [0.4, 0.5) is 0 Å². The van der Waals surface area contributed by atoms with Crippen molar-refractivity contribution in [1.29, 1.82) is 0 Å². The summed E-state index contributed by atoms with van der Waals surface area (Å²) in [6.45, 7) is 4.47. The number of hydrogen-bond donors (Lipinski definition) is 1. The van der Waals surface area contributed by atoms with E-state index < -0.39 is 5.97 Å². The Hall–Kier alpha value is -2.66. The van der Waals surface area contributed by atoms with E-state index in [1.54, 1.807) is 0 Å². The Labute approximate surface area is 146 Å². The van der Waals surface area contributed by atoms with Gasteiger partial charge in [0.2, 0.25) is 0 Å². The first-order chi connectivity index (χ1) is 12.1. The Bertz CT molecular complexity index is 926. The van der Waals surface area contributed by atoms with E-state index in [0.29, 0.717) is 17.4 Å². The third kappa shape index (κ3) is 2.81. The lowest BCUT2D eigenvalue weighted by molar-refractivity contribution is 0.0692. The van der Waals surface area contributed by atoms with Gasteiger partial charge in [-0.1, -0.05) is 24.3 Å². The third-order valence-electron chi connectivity index (χ3n) is 5.06. The highest BCUT2D eigenvalue weighted by Crippen LogP contribution is 2.30. The van der Waals surface area contributed by atoms with Crippen molar-refractivity contribution in [3.8, 4) is 11.3 Å². The van der Waals surface area contributed by atoms with Crippen LogP contribution in [-0.2, 0) is 0 Å². The molecule has 1 atom stereocenters. The summed E-state index contributed by atoms with van der Waals surface area (Å²) in [6, 6.07) is 14.1. The molecule has 1 aromatic carbocycles. The minimum atomic E-state index is -1.00. The molecule has 3 aromatic rings. The zero-order valence-electron chi connectivity index (χ0n) is 14.2. The van der Waals surface area contributed by atoms with Crippen LogP contribution in [0.5, 0.6) is 0 Å². The molecule has 25 heavy (non-hydrogen) atoms. The fourth-order valence-electron chi connectivity index (χ4n) is 3.71. The van der Waals surface area contributed by atoms with Crippen molar-refractivity contribution >= 4 is 11.6 Å². The summed E-state index contributed by atoms with van der Waals surface area (Å²) in [5.41, 5.74) is 3.48. The summed E-state index contributed by atoms with van der Waals surface area (Å²) >= 11 is 0. The van der Waals surface area contributed by atoms with Crippen molar-refractivity contribution in [2.45, 2.75) is 25.8 Å². The van der Waals surface area contributed by atoms with Gasteiger partial charge in [0.25, 0.3) is 0 Å². The summed E-state index contributed by atoms with van der Waals surface area (Å²) in [6.07, 6.45) is 4.36. The van der Waals surface area contributed by atoms with Crippen LogP contribution >= 0.6 is 0 Å². The number of rotatable bonds is 4. The normalized spacial score (nSPS) is 16.4. The van der Waals surface area contributed by atoms with E-state index in [1.807, 2.05) is 40.9 Å². The number of nitrogens with zero attached hydrogens (tertiary/aromatic N) is 3. The van der Waals surface area contributed by atoms with E-state index in [9.17, 15) is 9.90 Å². The predicted molar refractivity (Wildman–Crippen MR) is 96.8 cm³/mol. The second-order valence-electron chi connectivity index (χ2n) is 6.59. The van der Waals surface area contributed by atoms with Gasteiger partial charge in [-0.05, 0) is 56.6 Å². The molecule has 5 nitrogen and oxygen atoms in total. The van der Waals surface area contributed by atoms with Gasteiger partial charge in [0.15, 0.2) is 5.69 Å². The molecule has 1 fully saturated rings. The largest absolute Gasteiger partial charge is 0.476 e. The van der Waals surface area contributed by atoms with Gasteiger partial charge in [-0.2, -0.15) is 0 Å². The number of aromatic carboxylic acids is 1. The van der Waals surface area contributed by atoms with Crippen LogP contribution in [0.25, 0.3) is 16.9 Å². The molecule has 0 spiro atoms. The number of fused-ring (bicyclic) bond motifs is 1. The topological polar surface area (TPSA) is 57.8 Å². The quantitative estimate of drug-likeness (QED) is 0.787. The highest BCUT2D eigenvalue weighted by atomic mass is 16.4. The molecule has 0 aliphatic carbocycles. The number of hydrogen-bond acceptors (Lipinski definition) is 3. The first-order valence-corrected chi connectivity index (χ1v) is 8.70. The van der Waals surface area contributed by atoms with Crippen LogP contribution in [0.1, 0.15) is 41.9 Å². The van der Waals surface area contributed by atoms with Gasteiger partial charge in [-0.15, -0.1) is 0 Å². The molecular weight excluding hydrogens is 314 g/mol. The second-order valence-corrected chi connectivity index (χ2v) is 6.59. The minimum Gasteiger partial charge on any atom is -0.476 e. The van der Waals surface area contributed by atoms with Gasteiger partial charge in [0.1, 0.15) is 5.65 Å². The van der Waals surface area contributed by atoms with Crippen molar-refractivity contribution in [1.82, 2.24) is 14.3 Å². The van der Waals surface area contributed by atoms with Crippen LogP contribution < -0.4 is 0 Å². The van der Waals surface area contributed by atoms with Crippen molar-refractivity contribution in [3.63, 3.8) is 0 Å². The number of carbonyl (C=O) groups is 1. The zero-order valence-corrected chi connectivity index (χ0v) is 14.2. The smallest absolute Gasteiger partial charge is 0.356 e. The number of carboxylic acids is 1. The zero-order chi connectivity index (χ0) is 17.4. The average molecular weight is 335 g/mol. The summed E-state index contributed by atoms with van der Waals surface area (Å²) in [5, 5.41) is 9.60. The Morgan fingerprint density at radius 2 is 1.96 bits per heavy atom.